The van der Waals surface area contributed by atoms with Gasteiger partial charge in [-0.05, 0) is 48.9 Å². The molecule has 3 heterocycles. The largest absolute Gasteiger partial charge is 0.508 e. The molecule has 1 aliphatic heterocycles. The second-order valence-electron chi connectivity index (χ2n) is 6.33. The lowest BCUT2D eigenvalue weighted by Gasteiger charge is -2.34. The van der Waals surface area contributed by atoms with E-state index >= 15 is 0 Å². The number of fused-ring (bicyclic) bond motifs is 1. The number of aryl methyl sites for hydroxylation is 1. The Morgan fingerprint density at radius 1 is 1.17 bits per heavy atom. The van der Waals surface area contributed by atoms with Gasteiger partial charge in [0, 0.05) is 13.1 Å². The molecule has 4 rings (SSSR count). The van der Waals surface area contributed by atoms with Crippen molar-refractivity contribution in [2.24, 2.45) is 0 Å². The van der Waals surface area contributed by atoms with Crippen molar-refractivity contribution in [2.75, 3.05) is 18.0 Å². The van der Waals surface area contributed by atoms with Crippen molar-refractivity contribution >= 4 is 11.3 Å². The molecule has 0 saturated carbocycles. The molecule has 0 bridgehead atoms. The van der Waals surface area contributed by atoms with Gasteiger partial charge in [-0.2, -0.15) is 9.61 Å². The van der Waals surface area contributed by atoms with Crippen molar-refractivity contribution in [1.82, 2.24) is 19.8 Å². The van der Waals surface area contributed by atoms with Gasteiger partial charge in [0.15, 0.2) is 0 Å². The Morgan fingerprint density at radius 3 is 2.62 bits per heavy atom. The highest BCUT2D eigenvalue weighted by molar-refractivity contribution is 5.68. The second-order valence-corrected chi connectivity index (χ2v) is 6.33. The average Bonchev–Trinajstić information content (AvgIpc) is 3.10. The number of piperidine rings is 1. The van der Waals surface area contributed by atoms with Crippen LogP contribution in [0.1, 0.15) is 36.9 Å². The summed E-state index contributed by atoms with van der Waals surface area (Å²) in [6.45, 7) is 4.09. The summed E-state index contributed by atoms with van der Waals surface area (Å²) in [6, 6.07) is 9.77. The highest BCUT2D eigenvalue weighted by Crippen LogP contribution is 2.32. The predicted octanol–water partition coefficient (Wildman–Crippen LogP) is 2.78. The molecule has 1 saturated heterocycles. The number of phenols is 1. The Balaban J connectivity index is 1.55. The normalized spacial score (nSPS) is 16.0. The molecule has 0 aliphatic carbocycles. The number of rotatable bonds is 3. The van der Waals surface area contributed by atoms with E-state index in [-0.39, 0.29) is 0 Å². The van der Waals surface area contributed by atoms with Gasteiger partial charge < -0.3 is 10.0 Å². The van der Waals surface area contributed by atoms with Crippen molar-refractivity contribution in [3.05, 3.63) is 47.9 Å². The van der Waals surface area contributed by atoms with Gasteiger partial charge in [0.25, 0.3) is 0 Å². The molecular formula is C18H21N5O. The third-order valence-corrected chi connectivity index (χ3v) is 4.86. The summed E-state index contributed by atoms with van der Waals surface area (Å²) in [7, 11) is 0. The lowest BCUT2D eigenvalue weighted by Crippen LogP contribution is -2.33. The molecule has 6 heteroatoms. The molecule has 1 aromatic carbocycles. The van der Waals surface area contributed by atoms with E-state index in [9.17, 15) is 5.11 Å². The van der Waals surface area contributed by atoms with Crippen LogP contribution in [0.4, 0.5) is 5.69 Å². The maximum Gasteiger partial charge on any atom is 0.200 e. The zero-order chi connectivity index (χ0) is 16.5. The second kappa shape index (κ2) is 6.11. The summed E-state index contributed by atoms with van der Waals surface area (Å²) >= 11 is 0. The lowest BCUT2D eigenvalue weighted by molar-refractivity contribution is 0.473. The quantitative estimate of drug-likeness (QED) is 0.803. The molecule has 0 unspecified atom stereocenters. The van der Waals surface area contributed by atoms with Crippen LogP contribution in [0.3, 0.4) is 0 Å². The predicted molar refractivity (Wildman–Crippen MR) is 92.5 cm³/mol. The summed E-state index contributed by atoms with van der Waals surface area (Å²) in [5.41, 5.74) is 4.32. The third-order valence-electron chi connectivity index (χ3n) is 4.86. The van der Waals surface area contributed by atoms with Crippen LogP contribution >= 0.6 is 0 Å². The molecule has 6 nitrogen and oxygen atoms in total. The van der Waals surface area contributed by atoms with Gasteiger partial charge in [0.1, 0.15) is 12.1 Å². The van der Waals surface area contributed by atoms with Crippen LogP contribution in [0.2, 0.25) is 0 Å². The molecule has 1 N–H and O–H groups in total. The fraction of sp³-hybridized carbons (Fsp3) is 0.389. The van der Waals surface area contributed by atoms with Gasteiger partial charge >= 0.3 is 0 Å². The van der Waals surface area contributed by atoms with Crippen molar-refractivity contribution in [3.8, 4) is 5.75 Å². The zero-order valence-electron chi connectivity index (χ0n) is 13.8. The van der Waals surface area contributed by atoms with E-state index < -0.39 is 0 Å². The first-order valence-electron chi connectivity index (χ1n) is 8.48. The van der Waals surface area contributed by atoms with Crippen LogP contribution in [0, 0.1) is 0 Å². The molecule has 0 amide bonds. The molecule has 124 valence electrons. The maximum absolute atomic E-state index is 9.45. The molecule has 2 aromatic heterocycles. The molecule has 1 aliphatic rings. The minimum absolute atomic E-state index is 0.328. The van der Waals surface area contributed by atoms with Crippen LogP contribution in [0.15, 0.2) is 36.7 Å². The molecule has 0 spiro atoms. The van der Waals surface area contributed by atoms with E-state index in [1.165, 1.54) is 5.56 Å². The number of hydrogen-bond acceptors (Lipinski definition) is 5. The molecule has 0 radical (unpaired) electrons. The fourth-order valence-corrected chi connectivity index (χ4v) is 3.47. The van der Waals surface area contributed by atoms with E-state index in [1.54, 1.807) is 23.0 Å². The van der Waals surface area contributed by atoms with Crippen LogP contribution in [0.25, 0.3) is 5.65 Å². The highest BCUT2D eigenvalue weighted by atomic mass is 16.3. The molecule has 3 aromatic rings. The number of phenolic OH excluding ortho intramolecular Hbond substituents is 1. The number of benzene rings is 1. The Hall–Kier alpha value is -2.63. The summed E-state index contributed by atoms with van der Waals surface area (Å²) in [5, 5.41) is 22.2. The summed E-state index contributed by atoms with van der Waals surface area (Å²) < 4.78 is 1.78. The standard InChI is InChI=1S/C18H21N5O/c1-2-15-11-17(18-20-19-12-23(18)21-15)22-9-7-14(8-10-22)13-3-5-16(24)6-4-13/h3-6,11-12,14,24H,2,7-10H2,1H3. The number of anilines is 1. The van der Waals surface area contributed by atoms with Crippen molar-refractivity contribution < 1.29 is 5.11 Å². The van der Waals surface area contributed by atoms with E-state index in [2.05, 4.69) is 33.2 Å². The Kier molecular flexibility index (Phi) is 3.80. The average molecular weight is 323 g/mol. The minimum atomic E-state index is 0.328. The monoisotopic (exact) mass is 323 g/mol. The van der Waals surface area contributed by atoms with Gasteiger partial charge in [-0.3, -0.25) is 0 Å². The third kappa shape index (κ3) is 2.68. The highest BCUT2D eigenvalue weighted by Gasteiger charge is 2.23. The van der Waals surface area contributed by atoms with E-state index in [0.29, 0.717) is 11.7 Å². The topological polar surface area (TPSA) is 66.5 Å². The van der Waals surface area contributed by atoms with Crippen molar-refractivity contribution in [3.63, 3.8) is 0 Å². The molecule has 0 atom stereocenters. The van der Waals surface area contributed by atoms with Gasteiger partial charge in [-0.1, -0.05) is 19.1 Å². The van der Waals surface area contributed by atoms with Gasteiger partial charge in [-0.25, -0.2) is 0 Å². The van der Waals surface area contributed by atoms with Crippen LogP contribution < -0.4 is 4.90 Å². The summed E-state index contributed by atoms with van der Waals surface area (Å²) in [4.78, 5) is 2.39. The zero-order valence-corrected chi connectivity index (χ0v) is 13.8. The molecule has 1 fully saturated rings. The van der Waals surface area contributed by atoms with Crippen LogP contribution in [-0.2, 0) is 6.42 Å². The summed E-state index contributed by atoms with van der Waals surface area (Å²) in [5.74, 6) is 0.873. The first-order chi connectivity index (χ1) is 11.7. The lowest BCUT2D eigenvalue weighted by atomic mass is 9.89. The van der Waals surface area contributed by atoms with Gasteiger partial charge in [0.2, 0.25) is 5.65 Å². The Labute approximate surface area is 140 Å². The molecular weight excluding hydrogens is 302 g/mol. The first-order valence-corrected chi connectivity index (χ1v) is 8.48. The number of nitrogens with zero attached hydrogens (tertiary/aromatic N) is 5. The Bertz CT molecular complexity index is 834. The summed E-state index contributed by atoms with van der Waals surface area (Å²) in [6.07, 6.45) is 4.75. The number of hydrogen-bond donors (Lipinski definition) is 1. The maximum atomic E-state index is 9.45. The SMILES string of the molecule is CCc1cc(N2CCC(c3ccc(O)cc3)CC2)c2nncn2n1. The van der Waals surface area contributed by atoms with Crippen molar-refractivity contribution in [1.29, 1.82) is 0 Å². The van der Waals surface area contributed by atoms with Crippen LogP contribution in [-0.4, -0.2) is 38.0 Å². The molecule has 24 heavy (non-hydrogen) atoms. The minimum Gasteiger partial charge on any atom is -0.508 e. The van der Waals surface area contributed by atoms with Gasteiger partial charge in [0.05, 0.1) is 11.4 Å². The van der Waals surface area contributed by atoms with Gasteiger partial charge in [-0.15, -0.1) is 10.2 Å². The smallest absolute Gasteiger partial charge is 0.200 e. The van der Waals surface area contributed by atoms with E-state index in [0.717, 1.165) is 49.4 Å². The van der Waals surface area contributed by atoms with Crippen molar-refractivity contribution in [2.45, 2.75) is 32.1 Å². The van der Waals surface area contributed by atoms with E-state index in [1.807, 2.05) is 12.1 Å². The fourth-order valence-electron chi connectivity index (χ4n) is 3.47. The van der Waals surface area contributed by atoms with Crippen LogP contribution in [0.5, 0.6) is 5.75 Å². The number of aromatic hydroxyl groups is 1. The first kappa shape index (κ1) is 14.9. The number of aromatic nitrogens is 4. The van der Waals surface area contributed by atoms with E-state index in [4.69, 9.17) is 0 Å². The Morgan fingerprint density at radius 2 is 1.92 bits per heavy atom.